The molecule has 0 spiro atoms. The van der Waals surface area contributed by atoms with Crippen LogP contribution in [0.5, 0.6) is 0 Å². The first-order valence-corrected chi connectivity index (χ1v) is 7.59. The molecular weight excluding hydrogens is 269 g/mol. The van der Waals surface area contributed by atoms with Crippen molar-refractivity contribution in [3.8, 4) is 0 Å². The summed E-state index contributed by atoms with van der Waals surface area (Å²) in [5.74, 6) is 0.0560. The number of nitrogens with one attached hydrogen (secondary N) is 1. The van der Waals surface area contributed by atoms with Crippen molar-refractivity contribution in [1.29, 1.82) is 0 Å². The molecule has 2 saturated heterocycles. The molecule has 1 N–H and O–H groups in total. The van der Waals surface area contributed by atoms with E-state index < -0.39 is 0 Å². The summed E-state index contributed by atoms with van der Waals surface area (Å²) in [5.41, 5.74) is 0.787. The maximum atomic E-state index is 13.0. The molecule has 1 unspecified atom stereocenters. The number of benzene rings is 1. The third kappa shape index (κ3) is 2.88. The number of carbonyl (C=O) groups is 1. The fourth-order valence-electron chi connectivity index (χ4n) is 3.20. The van der Waals surface area contributed by atoms with Gasteiger partial charge < -0.3 is 15.1 Å². The molecule has 2 fully saturated rings. The Morgan fingerprint density at radius 1 is 1.19 bits per heavy atom. The predicted octanol–water partition coefficient (Wildman–Crippen LogP) is 1.47. The quantitative estimate of drug-likeness (QED) is 0.896. The van der Waals surface area contributed by atoms with E-state index in [0.717, 1.165) is 51.4 Å². The second-order valence-corrected chi connectivity index (χ2v) is 6.24. The minimum absolute atomic E-state index is 0.214. The van der Waals surface area contributed by atoms with E-state index in [1.807, 2.05) is 4.90 Å². The fraction of sp³-hybridized carbons (Fsp3) is 0.562. The van der Waals surface area contributed by atoms with E-state index in [-0.39, 0.29) is 17.1 Å². The van der Waals surface area contributed by atoms with Gasteiger partial charge in [-0.2, -0.15) is 0 Å². The van der Waals surface area contributed by atoms with Crippen LogP contribution in [0.1, 0.15) is 13.3 Å². The zero-order valence-electron chi connectivity index (χ0n) is 12.4. The molecule has 2 aliphatic heterocycles. The van der Waals surface area contributed by atoms with Gasteiger partial charge in [0.15, 0.2) is 0 Å². The van der Waals surface area contributed by atoms with Gasteiger partial charge in [-0.25, -0.2) is 4.39 Å². The third-order valence-corrected chi connectivity index (χ3v) is 4.64. The molecule has 114 valence electrons. The molecule has 1 atom stereocenters. The van der Waals surface area contributed by atoms with Crippen molar-refractivity contribution >= 4 is 11.6 Å². The monoisotopic (exact) mass is 291 g/mol. The summed E-state index contributed by atoms with van der Waals surface area (Å²) >= 11 is 0. The molecule has 2 heterocycles. The van der Waals surface area contributed by atoms with Crippen molar-refractivity contribution in [3.05, 3.63) is 30.1 Å². The van der Waals surface area contributed by atoms with Gasteiger partial charge in [0, 0.05) is 38.4 Å². The first-order valence-electron chi connectivity index (χ1n) is 7.59. The zero-order valence-corrected chi connectivity index (χ0v) is 12.4. The second kappa shape index (κ2) is 5.64. The average Bonchev–Trinajstić information content (AvgIpc) is 2.96. The normalized spacial score (nSPS) is 26.2. The lowest BCUT2D eigenvalue weighted by molar-refractivity contribution is -0.140. The van der Waals surface area contributed by atoms with Crippen molar-refractivity contribution in [3.63, 3.8) is 0 Å². The topological polar surface area (TPSA) is 35.6 Å². The molecule has 21 heavy (non-hydrogen) atoms. The number of anilines is 1. The lowest BCUT2D eigenvalue weighted by atomic mass is 9.88. The average molecular weight is 291 g/mol. The van der Waals surface area contributed by atoms with Gasteiger partial charge in [-0.3, -0.25) is 4.79 Å². The number of hydrogen-bond acceptors (Lipinski definition) is 3. The summed E-state index contributed by atoms with van der Waals surface area (Å²) < 4.78 is 13.0. The van der Waals surface area contributed by atoms with Gasteiger partial charge in [0.05, 0.1) is 5.41 Å². The van der Waals surface area contributed by atoms with Gasteiger partial charge in [0.1, 0.15) is 5.82 Å². The number of rotatable bonds is 2. The molecule has 0 radical (unpaired) electrons. The van der Waals surface area contributed by atoms with Crippen LogP contribution in [0.15, 0.2) is 24.3 Å². The Morgan fingerprint density at radius 3 is 2.43 bits per heavy atom. The molecule has 0 aliphatic carbocycles. The summed E-state index contributed by atoms with van der Waals surface area (Å²) in [6.07, 6.45) is 0.921. The highest BCUT2D eigenvalue weighted by molar-refractivity contribution is 5.83. The number of piperazine rings is 1. The lowest BCUT2D eigenvalue weighted by Crippen LogP contribution is -2.53. The Morgan fingerprint density at radius 2 is 1.86 bits per heavy atom. The first-order chi connectivity index (χ1) is 10.1. The van der Waals surface area contributed by atoms with Crippen LogP contribution in [0.3, 0.4) is 0 Å². The Kier molecular flexibility index (Phi) is 3.85. The van der Waals surface area contributed by atoms with Gasteiger partial charge in [0.2, 0.25) is 5.91 Å². The molecule has 4 nitrogen and oxygen atoms in total. The number of carbonyl (C=O) groups excluding carboxylic acids is 1. The Balaban J connectivity index is 1.60. The minimum Gasteiger partial charge on any atom is -0.368 e. The van der Waals surface area contributed by atoms with Crippen LogP contribution in [0.4, 0.5) is 10.1 Å². The van der Waals surface area contributed by atoms with Crippen LogP contribution in [-0.2, 0) is 4.79 Å². The van der Waals surface area contributed by atoms with E-state index in [1.165, 1.54) is 12.1 Å². The predicted molar refractivity (Wildman–Crippen MR) is 80.8 cm³/mol. The van der Waals surface area contributed by atoms with Crippen molar-refractivity contribution in [1.82, 2.24) is 10.2 Å². The van der Waals surface area contributed by atoms with Crippen LogP contribution in [0.25, 0.3) is 0 Å². The molecular formula is C16H22FN3O. The van der Waals surface area contributed by atoms with E-state index in [0.29, 0.717) is 0 Å². The van der Waals surface area contributed by atoms with Gasteiger partial charge >= 0.3 is 0 Å². The molecule has 1 aromatic rings. The standard InChI is InChI=1S/C16H22FN3O/c1-16(6-7-18-12-16)15(21)20-10-8-19(9-11-20)14-4-2-13(17)3-5-14/h2-5,18H,6-12H2,1H3. The van der Waals surface area contributed by atoms with Crippen molar-refractivity contribution in [2.75, 3.05) is 44.2 Å². The van der Waals surface area contributed by atoms with Gasteiger partial charge in [-0.1, -0.05) is 0 Å². The first kappa shape index (κ1) is 14.3. The largest absolute Gasteiger partial charge is 0.368 e. The summed E-state index contributed by atoms with van der Waals surface area (Å²) in [7, 11) is 0. The van der Waals surface area contributed by atoms with E-state index in [2.05, 4.69) is 17.1 Å². The summed E-state index contributed by atoms with van der Waals surface area (Å²) in [6.45, 7) is 6.86. The number of hydrogen-bond donors (Lipinski definition) is 1. The van der Waals surface area contributed by atoms with Crippen LogP contribution in [0.2, 0.25) is 0 Å². The smallest absolute Gasteiger partial charge is 0.229 e. The third-order valence-electron chi connectivity index (χ3n) is 4.64. The van der Waals surface area contributed by atoms with Gasteiger partial charge in [-0.15, -0.1) is 0 Å². The Bertz CT molecular complexity index is 503. The molecule has 0 saturated carbocycles. The second-order valence-electron chi connectivity index (χ2n) is 6.24. The van der Waals surface area contributed by atoms with Crippen molar-refractivity contribution < 1.29 is 9.18 Å². The molecule has 3 rings (SSSR count). The van der Waals surface area contributed by atoms with Gasteiger partial charge in [-0.05, 0) is 44.2 Å². The molecule has 5 heteroatoms. The maximum absolute atomic E-state index is 13.0. The minimum atomic E-state index is -0.238. The lowest BCUT2D eigenvalue weighted by Gasteiger charge is -2.39. The van der Waals surface area contributed by atoms with Crippen molar-refractivity contribution in [2.24, 2.45) is 5.41 Å². The highest BCUT2D eigenvalue weighted by Gasteiger charge is 2.39. The highest BCUT2D eigenvalue weighted by atomic mass is 19.1. The SMILES string of the molecule is CC1(C(=O)N2CCN(c3ccc(F)cc3)CC2)CCNC1. The zero-order chi connectivity index (χ0) is 14.9. The maximum Gasteiger partial charge on any atom is 0.229 e. The van der Waals surface area contributed by atoms with Crippen molar-refractivity contribution in [2.45, 2.75) is 13.3 Å². The molecule has 0 aromatic heterocycles. The van der Waals surface area contributed by atoms with E-state index in [9.17, 15) is 9.18 Å². The number of halogens is 1. The molecule has 2 aliphatic rings. The fourth-order valence-corrected chi connectivity index (χ4v) is 3.20. The van der Waals surface area contributed by atoms with Crippen LogP contribution in [0, 0.1) is 11.2 Å². The number of nitrogens with zero attached hydrogens (tertiary/aromatic N) is 2. The number of amides is 1. The van der Waals surface area contributed by atoms with E-state index in [1.54, 1.807) is 12.1 Å². The Labute approximate surface area is 124 Å². The molecule has 0 bridgehead atoms. The summed E-state index contributed by atoms with van der Waals surface area (Å²) in [5, 5.41) is 3.28. The molecule has 1 amide bonds. The van der Waals surface area contributed by atoms with Crippen LogP contribution >= 0.6 is 0 Å². The highest BCUT2D eigenvalue weighted by Crippen LogP contribution is 2.28. The van der Waals surface area contributed by atoms with Gasteiger partial charge in [0.25, 0.3) is 0 Å². The summed E-state index contributed by atoms with van der Waals surface area (Å²) in [4.78, 5) is 16.8. The summed E-state index contributed by atoms with van der Waals surface area (Å²) in [6, 6.07) is 6.57. The van der Waals surface area contributed by atoms with Crippen LogP contribution < -0.4 is 10.2 Å². The van der Waals surface area contributed by atoms with E-state index in [4.69, 9.17) is 0 Å². The molecule has 1 aromatic carbocycles. The van der Waals surface area contributed by atoms with E-state index >= 15 is 0 Å². The van der Waals surface area contributed by atoms with Crippen LogP contribution in [-0.4, -0.2) is 50.1 Å². The Hall–Kier alpha value is -1.62.